The highest BCUT2D eigenvalue weighted by Crippen LogP contribution is 2.40. The van der Waals surface area contributed by atoms with E-state index in [1.165, 1.54) is 7.11 Å². The molecule has 0 radical (unpaired) electrons. The van der Waals surface area contributed by atoms with Crippen molar-refractivity contribution in [3.8, 4) is 11.5 Å². The zero-order valence-corrected chi connectivity index (χ0v) is 12.8. The number of hydrogen-bond acceptors (Lipinski definition) is 4. The first-order valence-corrected chi connectivity index (χ1v) is 6.79. The number of furan rings is 1. The van der Waals surface area contributed by atoms with Gasteiger partial charge in [-0.25, -0.2) is 4.79 Å². The second-order valence-electron chi connectivity index (χ2n) is 5.18. The molecular weight excluding hydrogens is 284 g/mol. The van der Waals surface area contributed by atoms with Gasteiger partial charge in [-0.3, -0.25) is 0 Å². The van der Waals surface area contributed by atoms with Crippen LogP contribution in [-0.2, 0) is 0 Å². The van der Waals surface area contributed by atoms with Gasteiger partial charge in [-0.15, -0.1) is 0 Å². The predicted octanol–water partition coefficient (Wildman–Crippen LogP) is 3.92. The van der Waals surface area contributed by atoms with E-state index in [4.69, 9.17) is 13.9 Å². The van der Waals surface area contributed by atoms with Crippen molar-refractivity contribution in [3.63, 3.8) is 0 Å². The Morgan fingerprint density at radius 3 is 2.32 bits per heavy atom. The van der Waals surface area contributed by atoms with Gasteiger partial charge in [0.25, 0.3) is 0 Å². The first-order chi connectivity index (χ1) is 10.5. The van der Waals surface area contributed by atoms with Gasteiger partial charge in [0.1, 0.15) is 28.2 Å². The van der Waals surface area contributed by atoms with E-state index >= 15 is 0 Å². The molecule has 22 heavy (non-hydrogen) atoms. The summed E-state index contributed by atoms with van der Waals surface area (Å²) in [7, 11) is 3.05. The van der Waals surface area contributed by atoms with E-state index in [0.29, 0.717) is 28.2 Å². The van der Waals surface area contributed by atoms with Crippen LogP contribution in [0.3, 0.4) is 0 Å². The van der Waals surface area contributed by atoms with Crippen LogP contribution < -0.4 is 9.47 Å². The zero-order valence-electron chi connectivity index (χ0n) is 12.8. The highest BCUT2D eigenvalue weighted by molar-refractivity contribution is 6.12. The number of ether oxygens (including phenoxy) is 2. The smallest absolute Gasteiger partial charge is 0.339 e. The average Bonchev–Trinajstić information content (AvgIpc) is 2.85. The Balaban J connectivity index is 2.51. The molecule has 1 aromatic heterocycles. The van der Waals surface area contributed by atoms with Gasteiger partial charge in [0.2, 0.25) is 0 Å². The number of benzene rings is 2. The molecule has 0 bridgehead atoms. The quantitative estimate of drug-likeness (QED) is 0.794. The van der Waals surface area contributed by atoms with Crippen molar-refractivity contribution in [2.24, 2.45) is 0 Å². The minimum absolute atomic E-state index is 0.160. The van der Waals surface area contributed by atoms with Gasteiger partial charge in [-0.1, -0.05) is 0 Å². The third kappa shape index (κ3) is 1.89. The highest BCUT2D eigenvalue weighted by atomic mass is 16.5. The Kier molecular flexibility index (Phi) is 3.20. The molecule has 0 atom stereocenters. The summed E-state index contributed by atoms with van der Waals surface area (Å²) in [4.78, 5) is 11.6. The van der Waals surface area contributed by atoms with Gasteiger partial charge in [0.05, 0.1) is 14.2 Å². The lowest BCUT2D eigenvalue weighted by molar-refractivity contribution is 0.0693. The third-order valence-corrected chi connectivity index (χ3v) is 3.92. The first-order valence-electron chi connectivity index (χ1n) is 6.79. The number of hydrogen-bond donors (Lipinski definition) is 1. The van der Waals surface area contributed by atoms with Crippen LogP contribution in [0.15, 0.2) is 22.6 Å². The van der Waals surface area contributed by atoms with Crippen molar-refractivity contribution < 1.29 is 23.8 Å². The van der Waals surface area contributed by atoms with Crippen LogP contribution in [0, 0.1) is 13.8 Å². The summed E-state index contributed by atoms with van der Waals surface area (Å²) in [6.07, 6.45) is 0. The van der Waals surface area contributed by atoms with Crippen LogP contribution in [0.1, 0.15) is 21.5 Å². The van der Waals surface area contributed by atoms with Crippen molar-refractivity contribution >= 4 is 27.9 Å². The van der Waals surface area contributed by atoms with Crippen LogP contribution in [0.4, 0.5) is 0 Å². The maximum Gasteiger partial charge on any atom is 0.339 e. The summed E-state index contributed by atoms with van der Waals surface area (Å²) in [5.41, 5.74) is 3.03. The predicted molar refractivity (Wildman–Crippen MR) is 83.3 cm³/mol. The van der Waals surface area contributed by atoms with Crippen molar-refractivity contribution in [2.45, 2.75) is 13.8 Å². The van der Waals surface area contributed by atoms with Gasteiger partial charge < -0.3 is 19.0 Å². The normalized spacial score (nSPS) is 11.1. The molecular formula is C17H16O5. The molecule has 0 saturated heterocycles. The fourth-order valence-electron chi connectivity index (χ4n) is 2.94. The fraction of sp³-hybridized carbons (Fsp3) is 0.235. The maximum atomic E-state index is 11.6. The van der Waals surface area contributed by atoms with E-state index in [1.807, 2.05) is 13.0 Å². The van der Waals surface area contributed by atoms with Crippen LogP contribution >= 0.6 is 0 Å². The largest absolute Gasteiger partial charge is 0.497 e. The summed E-state index contributed by atoms with van der Waals surface area (Å²) in [5.74, 6) is -0.0231. The van der Waals surface area contributed by atoms with Crippen molar-refractivity contribution in [1.29, 1.82) is 0 Å². The molecule has 5 heteroatoms. The SMILES string of the molecule is COc1cc(C)c2c(c1)oc1cc(OC)c(C(=O)O)c(C)c12. The van der Waals surface area contributed by atoms with Gasteiger partial charge >= 0.3 is 5.97 Å². The molecule has 0 spiro atoms. The molecule has 5 nitrogen and oxygen atoms in total. The number of aryl methyl sites for hydroxylation is 2. The molecule has 2 aromatic carbocycles. The first kappa shape index (κ1) is 14.3. The number of carboxylic acids is 1. The molecule has 0 aliphatic carbocycles. The maximum absolute atomic E-state index is 11.6. The van der Waals surface area contributed by atoms with Crippen LogP contribution in [0.2, 0.25) is 0 Å². The van der Waals surface area contributed by atoms with E-state index in [2.05, 4.69) is 0 Å². The van der Waals surface area contributed by atoms with Gasteiger partial charge in [-0.05, 0) is 31.0 Å². The topological polar surface area (TPSA) is 68.9 Å². The Morgan fingerprint density at radius 2 is 1.73 bits per heavy atom. The molecule has 0 aliphatic heterocycles. The average molecular weight is 300 g/mol. The van der Waals surface area contributed by atoms with E-state index in [9.17, 15) is 9.90 Å². The second kappa shape index (κ2) is 4.94. The molecule has 1 N–H and O–H groups in total. The summed E-state index contributed by atoms with van der Waals surface area (Å²) in [6, 6.07) is 5.33. The molecule has 0 amide bonds. The molecule has 0 unspecified atom stereocenters. The van der Waals surface area contributed by atoms with Crippen molar-refractivity contribution in [1.82, 2.24) is 0 Å². The van der Waals surface area contributed by atoms with Gasteiger partial charge in [-0.2, -0.15) is 0 Å². The number of aromatic carboxylic acids is 1. The standard InChI is InChI=1S/C17H16O5/c1-8-5-10(20-3)6-12-14(8)15-9(2)16(17(18)19)11(21-4)7-13(15)22-12/h5-7H,1-4H3,(H,18,19). The van der Waals surface area contributed by atoms with Crippen molar-refractivity contribution in [3.05, 3.63) is 34.9 Å². The second-order valence-corrected chi connectivity index (χ2v) is 5.18. The Labute approximate surface area is 127 Å². The fourth-order valence-corrected chi connectivity index (χ4v) is 2.94. The molecule has 114 valence electrons. The molecule has 0 aliphatic rings. The lowest BCUT2D eigenvalue weighted by Gasteiger charge is -2.09. The third-order valence-electron chi connectivity index (χ3n) is 3.92. The molecule has 3 aromatic rings. The van der Waals surface area contributed by atoms with Gasteiger partial charge in [0.15, 0.2) is 0 Å². The summed E-state index contributed by atoms with van der Waals surface area (Å²) >= 11 is 0. The number of fused-ring (bicyclic) bond motifs is 3. The molecule has 1 heterocycles. The van der Waals surface area contributed by atoms with Crippen LogP contribution in [0.25, 0.3) is 21.9 Å². The minimum atomic E-state index is -1.02. The number of carboxylic acid groups (broad SMARTS) is 1. The van der Waals surface area contributed by atoms with E-state index < -0.39 is 5.97 Å². The number of rotatable bonds is 3. The molecule has 3 rings (SSSR count). The Hall–Kier alpha value is -2.69. The lowest BCUT2D eigenvalue weighted by atomic mass is 9.98. The monoisotopic (exact) mass is 300 g/mol. The summed E-state index contributed by atoms with van der Waals surface area (Å²) in [5, 5.41) is 11.2. The van der Waals surface area contributed by atoms with E-state index in [0.717, 1.165) is 16.3 Å². The van der Waals surface area contributed by atoms with Crippen LogP contribution in [0.5, 0.6) is 11.5 Å². The lowest BCUT2D eigenvalue weighted by Crippen LogP contribution is -2.03. The van der Waals surface area contributed by atoms with Crippen LogP contribution in [-0.4, -0.2) is 25.3 Å². The number of methoxy groups -OCH3 is 2. The van der Waals surface area contributed by atoms with Crippen molar-refractivity contribution in [2.75, 3.05) is 14.2 Å². The van der Waals surface area contributed by atoms with Gasteiger partial charge in [0, 0.05) is 22.9 Å². The highest BCUT2D eigenvalue weighted by Gasteiger charge is 2.22. The van der Waals surface area contributed by atoms with E-state index in [-0.39, 0.29) is 5.56 Å². The summed E-state index contributed by atoms with van der Waals surface area (Å²) in [6.45, 7) is 3.72. The number of carbonyl (C=O) groups is 1. The molecule has 0 saturated carbocycles. The Bertz CT molecular complexity index is 905. The van der Waals surface area contributed by atoms with E-state index in [1.54, 1.807) is 26.2 Å². The summed E-state index contributed by atoms with van der Waals surface area (Å²) < 4.78 is 16.3. The Morgan fingerprint density at radius 1 is 1.05 bits per heavy atom. The minimum Gasteiger partial charge on any atom is -0.497 e. The zero-order chi connectivity index (χ0) is 16.0. The molecule has 0 fully saturated rings.